The molecule has 0 N–H and O–H groups in total. The molecule has 0 aliphatic rings. The number of benzene rings is 1. The molecule has 3 rings (SSSR count). The van der Waals surface area contributed by atoms with Crippen LogP contribution in [0.15, 0.2) is 41.2 Å². The molecule has 22 heavy (non-hydrogen) atoms. The molecule has 1 aromatic carbocycles. The van der Waals surface area contributed by atoms with Crippen LogP contribution in [0.2, 0.25) is 0 Å². The number of aromatic nitrogens is 4. The lowest BCUT2D eigenvalue weighted by Gasteiger charge is -1.98. The molecule has 7 heteroatoms. The molecule has 2 aromatic heterocycles. The van der Waals surface area contributed by atoms with Gasteiger partial charge in [-0.15, -0.1) is 5.10 Å². The summed E-state index contributed by atoms with van der Waals surface area (Å²) in [6, 6.07) is 7.98. The van der Waals surface area contributed by atoms with Gasteiger partial charge in [-0.2, -0.15) is 0 Å². The molecule has 0 saturated carbocycles. The molecule has 3 aromatic rings. The van der Waals surface area contributed by atoms with Crippen LogP contribution in [0.25, 0.3) is 11.3 Å². The van der Waals surface area contributed by atoms with Crippen LogP contribution >= 0.6 is 0 Å². The van der Waals surface area contributed by atoms with E-state index in [4.69, 9.17) is 4.42 Å². The average Bonchev–Trinajstić information content (AvgIpc) is 3.17. The number of aryl methyl sites for hydroxylation is 1. The van der Waals surface area contributed by atoms with Gasteiger partial charge in [-0.3, -0.25) is 0 Å². The van der Waals surface area contributed by atoms with E-state index >= 15 is 0 Å². The number of esters is 1. The second-order valence-corrected chi connectivity index (χ2v) is 4.74. The van der Waals surface area contributed by atoms with Crippen molar-refractivity contribution >= 4 is 5.97 Å². The molecule has 0 unspecified atom stereocenters. The van der Waals surface area contributed by atoms with Crippen LogP contribution in [-0.4, -0.2) is 32.8 Å². The smallest absolute Gasteiger partial charge is 0.377 e. The van der Waals surface area contributed by atoms with Crippen molar-refractivity contribution in [3.05, 3.63) is 54.1 Å². The van der Waals surface area contributed by atoms with E-state index in [1.807, 2.05) is 31.2 Å². The van der Waals surface area contributed by atoms with Crippen LogP contribution in [0.1, 0.15) is 22.1 Å². The summed E-state index contributed by atoms with van der Waals surface area (Å²) in [7, 11) is 1.28. The van der Waals surface area contributed by atoms with Crippen LogP contribution in [0.5, 0.6) is 0 Å². The molecule has 0 aliphatic carbocycles. The Morgan fingerprint density at radius 2 is 2.05 bits per heavy atom. The minimum atomic E-state index is -0.577. The van der Waals surface area contributed by atoms with Gasteiger partial charge in [0.1, 0.15) is 12.9 Å². The van der Waals surface area contributed by atoms with Gasteiger partial charge >= 0.3 is 5.97 Å². The van der Waals surface area contributed by atoms with E-state index in [1.165, 1.54) is 23.7 Å². The number of ether oxygens (including phenoxy) is 1. The third-order valence-electron chi connectivity index (χ3n) is 3.09. The summed E-state index contributed by atoms with van der Waals surface area (Å²) in [6.45, 7) is 2.31. The molecule has 7 nitrogen and oxygen atoms in total. The summed E-state index contributed by atoms with van der Waals surface area (Å²) in [6.07, 6.45) is 3.10. The number of rotatable bonds is 4. The predicted octanol–water partition coefficient (Wildman–Crippen LogP) is 2.08. The van der Waals surface area contributed by atoms with Gasteiger partial charge in [0.05, 0.1) is 13.3 Å². The zero-order chi connectivity index (χ0) is 15.5. The molecule has 0 aliphatic heterocycles. The number of oxazole rings is 1. The lowest BCUT2D eigenvalue weighted by Crippen LogP contribution is -2.06. The number of carbonyl (C=O) groups is 1. The van der Waals surface area contributed by atoms with Crippen molar-refractivity contribution in [1.29, 1.82) is 0 Å². The topological polar surface area (TPSA) is 83.0 Å². The largest absolute Gasteiger partial charge is 0.463 e. The Balaban J connectivity index is 1.75. The van der Waals surface area contributed by atoms with Gasteiger partial charge in [-0.05, 0) is 6.92 Å². The molecular weight excluding hydrogens is 284 g/mol. The summed E-state index contributed by atoms with van der Waals surface area (Å²) in [5.74, 6) is 0.597. The van der Waals surface area contributed by atoms with Crippen molar-refractivity contribution in [1.82, 2.24) is 19.7 Å². The van der Waals surface area contributed by atoms with Crippen LogP contribution in [0.3, 0.4) is 0 Å². The normalized spacial score (nSPS) is 10.6. The van der Waals surface area contributed by atoms with Crippen molar-refractivity contribution in [2.45, 2.75) is 13.5 Å². The summed E-state index contributed by atoms with van der Waals surface area (Å²) in [4.78, 5) is 19.4. The highest BCUT2D eigenvalue weighted by Crippen LogP contribution is 2.20. The van der Waals surface area contributed by atoms with E-state index in [0.29, 0.717) is 11.7 Å². The predicted molar refractivity (Wildman–Crippen MR) is 77.1 cm³/mol. The first kappa shape index (κ1) is 14.0. The van der Waals surface area contributed by atoms with Gasteiger partial charge in [0, 0.05) is 5.56 Å². The van der Waals surface area contributed by atoms with Crippen LogP contribution < -0.4 is 0 Å². The molecule has 2 heterocycles. The van der Waals surface area contributed by atoms with E-state index in [0.717, 1.165) is 5.56 Å². The van der Waals surface area contributed by atoms with Crippen molar-refractivity contribution in [2.24, 2.45) is 0 Å². The fourth-order valence-corrected chi connectivity index (χ4v) is 1.93. The third-order valence-corrected chi connectivity index (χ3v) is 3.09. The van der Waals surface area contributed by atoms with Crippen LogP contribution in [0.4, 0.5) is 0 Å². The average molecular weight is 298 g/mol. The summed E-state index contributed by atoms with van der Waals surface area (Å²) < 4.78 is 11.7. The van der Waals surface area contributed by atoms with Gasteiger partial charge in [0.15, 0.2) is 5.76 Å². The highest BCUT2D eigenvalue weighted by molar-refractivity contribution is 5.84. The van der Waals surface area contributed by atoms with E-state index in [9.17, 15) is 4.79 Å². The Labute approximate surface area is 126 Å². The zero-order valence-electron chi connectivity index (χ0n) is 12.2. The minimum Gasteiger partial charge on any atom is -0.463 e. The summed E-state index contributed by atoms with van der Waals surface area (Å²) in [5.41, 5.74) is 2.14. The quantitative estimate of drug-likeness (QED) is 0.686. The van der Waals surface area contributed by atoms with Gasteiger partial charge < -0.3 is 9.15 Å². The number of carbonyl (C=O) groups excluding carboxylic acids is 1. The van der Waals surface area contributed by atoms with Gasteiger partial charge in [0.2, 0.25) is 5.89 Å². The number of hydrogen-bond acceptors (Lipinski definition) is 6. The van der Waals surface area contributed by atoms with E-state index in [1.54, 1.807) is 6.20 Å². The fraction of sp³-hybridized carbons (Fsp3) is 0.200. The maximum Gasteiger partial charge on any atom is 0.377 e. The first-order chi connectivity index (χ1) is 10.7. The monoisotopic (exact) mass is 298 g/mol. The Hall–Kier alpha value is -2.96. The molecule has 0 radical (unpaired) electrons. The third kappa shape index (κ3) is 2.88. The van der Waals surface area contributed by atoms with Gasteiger partial charge in [-0.1, -0.05) is 29.8 Å². The second-order valence-electron chi connectivity index (χ2n) is 4.74. The van der Waals surface area contributed by atoms with Gasteiger partial charge in [0.25, 0.3) is 5.82 Å². The molecule has 0 atom stereocenters. The van der Waals surface area contributed by atoms with Crippen LogP contribution in [0, 0.1) is 6.92 Å². The van der Waals surface area contributed by atoms with Crippen molar-refractivity contribution in [2.75, 3.05) is 7.11 Å². The Morgan fingerprint density at radius 1 is 1.27 bits per heavy atom. The van der Waals surface area contributed by atoms with Gasteiger partial charge in [-0.25, -0.2) is 19.4 Å². The number of nitrogens with zero attached hydrogens (tertiary/aromatic N) is 4. The van der Waals surface area contributed by atoms with E-state index < -0.39 is 5.97 Å². The molecule has 0 saturated heterocycles. The van der Waals surface area contributed by atoms with Crippen molar-refractivity contribution < 1.29 is 13.9 Å². The molecule has 112 valence electrons. The highest BCUT2D eigenvalue weighted by Gasteiger charge is 2.13. The van der Waals surface area contributed by atoms with Crippen LogP contribution in [-0.2, 0) is 11.3 Å². The lowest BCUT2D eigenvalue weighted by atomic mass is 10.1. The summed E-state index contributed by atoms with van der Waals surface area (Å²) >= 11 is 0. The Bertz CT molecular complexity index is 789. The SMILES string of the molecule is COC(=O)c1ncn(Cc2ncc(-c3ccc(C)cc3)o2)n1. The van der Waals surface area contributed by atoms with Crippen molar-refractivity contribution in [3.8, 4) is 11.3 Å². The highest BCUT2D eigenvalue weighted by atomic mass is 16.5. The standard InChI is InChI=1S/C15H14N4O3/c1-10-3-5-11(6-4-10)12-7-16-13(22-12)8-19-9-17-14(18-19)15(20)21-2/h3-7,9H,8H2,1-2H3. The maximum absolute atomic E-state index is 11.3. The first-order valence-electron chi connectivity index (χ1n) is 6.65. The minimum absolute atomic E-state index is 0.00724. The molecule has 0 bridgehead atoms. The molecule has 0 amide bonds. The Kier molecular flexibility index (Phi) is 3.69. The molecule has 0 fully saturated rings. The fourth-order valence-electron chi connectivity index (χ4n) is 1.93. The Morgan fingerprint density at radius 3 is 2.77 bits per heavy atom. The zero-order valence-corrected chi connectivity index (χ0v) is 12.2. The number of hydrogen-bond donors (Lipinski definition) is 0. The lowest BCUT2D eigenvalue weighted by molar-refractivity contribution is 0.0586. The van der Waals surface area contributed by atoms with E-state index in [2.05, 4.69) is 19.8 Å². The first-order valence-corrected chi connectivity index (χ1v) is 6.65. The second kappa shape index (κ2) is 5.80. The van der Waals surface area contributed by atoms with E-state index in [-0.39, 0.29) is 12.4 Å². The maximum atomic E-state index is 11.3. The van der Waals surface area contributed by atoms with Crippen molar-refractivity contribution in [3.63, 3.8) is 0 Å². The number of methoxy groups -OCH3 is 1. The molecular formula is C15H14N4O3. The molecule has 0 spiro atoms. The summed E-state index contributed by atoms with van der Waals surface area (Å²) in [5, 5.41) is 4.00.